The van der Waals surface area contributed by atoms with E-state index in [1.54, 1.807) is 10.4 Å². The Morgan fingerprint density at radius 1 is 0.577 bits per heavy atom. The largest absolute Gasteiger partial charge is 0.0877 e. The molecule has 0 aliphatic heterocycles. The SMILES string of the molecule is C[Si](C)(CC(c1ccccc1)[Si](C)(C)c1ccccc1)c1ccccc1. The molecule has 0 aliphatic carbocycles. The molecule has 3 aromatic carbocycles. The highest BCUT2D eigenvalue weighted by molar-refractivity contribution is 6.95. The van der Waals surface area contributed by atoms with Crippen molar-refractivity contribution in [3.63, 3.8) is 0 Å². The zero-order valence-electron chi connectivity index (χ0n) is 16.4. The van der Waals surface area contributed by atoms with Gasteiger partial charge in [-0.3, -0.25) is 0 Å². The van der Waals surface area contributed by atoms with Gasteiger partial charge < -0.3 is 0 Å². The minimum atomic E-state index is -1.66. The lowest BCUT2D eigenvalue weighted by Crippen LogP contribution is -2.52. The summed E-state index contributed by atoms with van der Waals surface area (Å²) >= 11 is 0. The minimum Gasteiger partial charge on any atom is -0.0654 e. The predicted octanol–water partition coefficient (Wildman–Crippen LogP) is 5.54. The summed E-state index contributed by atoms with van der Waals surface area (Å²) in [5.74, 6) is 0. The number of hydrogen-bond donors (Lipinski definition) is 0. The number of benzene rings is 3. The van der Waals surface area contributed by atoms with Gasteiger partial charge in [-0.2, -0.15) is 0 Å². The highest BCUT2D eigenvalue weighted by atomic mass is 28.3. The van der Waals surface area contributed by atoms with Crippen molar-refractivity contribution < 1.29 is 0 Å². The van der Waals surface area contributed by atoms with E-state index < -0.39 is 16.1 Å². The molecular weight excluding hydrogens is 344 g/mol. The van der Waals surface area contributed by atoms with E-state index in [1.807, 2.05) is 0 Å². The Morgan fingerprint density at radius 2 is 1.00 bits per heavy atom. The lowest BCUT2D eigenvalue weighted by Gasteiger charge is -2.38. The van der Waals surface area contributed by atoms with E-state index in [9.17, 15) is 0 Å². The summed E-state index contributed by atoms with van der Waals surface area (Å²) in [5, 5.41) is 3.13. The topological polar surface area (TPSA) is 0 Å². The molecule has 3 rings (SSSR count). The minimum absolute atomic E-state index is 0.632. The Bertz CT molecular complexity index is 809. The van der Waals surface area contributed by atoms with Gasteiger partial charge in [0, 0.05) is 0 Å². The third kappa shape index (κ3) is 4.08. The quantitative estimate of drug-likeness (QED) is 0.497. The van der Waals surface area contributed by atoms with Crippen LogP contribution in [0.1, 0.15) is 11.1 Å². The maximum atomic E-state index is 2.55. The molecule has 0 fully saturated rings. The fourth-order valence-corrected chi connectivity index (χ4v) is 12.7. The highest BCUT2D eigenvalue weighted by Crippen LogP contribution is 2.34. The first kappa shape index (κ1) is 18.9. The molecule has 26 heavy (non-hydrogen) atoms. The van der Waals surface area contributed by atoms with Crippen LogP contribution in [0, 0.1) is 0 Å². The van der Waals surface area contributed by atoms with Crippen LogP contribution in [-0.2, 0) is 0 Å². The highest BCUT2D eigenvalue weighted by Gasteiger charge is 2.39. The Labute approximate surface area is 160 Å². The third-order valence-corrected chi connectivity index (χ3v) is 13.7. The van der Waals surface area contributed by atoms with Crippen LogP contribution in [0.4, 0.5) is 0 Å². The van der Waals surface area contributed by atoms with Crippen LogP contribution in [0.5, 0.6) is 0 Å². The van der Waals surface area contributed by atoms with E-state index in [0.29, 0.717) is 5.54 Å². The maximum absolute atomic E-state index is 2.55. The van der Waals surface area contributed by atoms with Gasteiger partial charge in [0.05, 0.1) is 16.1 Å². The van der Waals surface area contributed by atoms with Crippen molar-refractivity contribution >= 4 is 26.5 Å². The average molecular weight is 375 g/mol. The molecule has 0 aromatic heterocycles. The molecule has 0 nitrogen and oxygen atoms in total. The van der Waals surface area contributed by atoms with Gasteiger partial charge in [0.25, 0.3) is 0 Å². The van der Waals surface area contributed by atoms with Crippen LogP contribution < -0.4 is 10.4 Å². The second kappa shape index (κ2) is 7.77. The van der Waals surface area contributed by atoms with Crippen LogP contribution in [0.2, 0.25) is 32.2 Å². The molecule has 1 atom stereocenters. The lowest BCUT2D eigenvalue weighted by atomic mass is 10.2. The lowest BCUT2D eigenvalue weighted by molar-refractivity contribution is 0.998. The van der Waals surface area contributed by atoms with Crippen LogP contribution in [-0.4, -0.2) is 16.1 Å². The number of rotatable bonds is 6. The summed E-state index contributed by atoms with van der Waals surface area (Å²) in [6.07, 6.45) is 0. The van der Waals surface area contributed by atoms with Gasteiger partial charge in [0.2, 0.25) is 0 Å². The van der Waals surface area contributed by atoms with Crippen LogP contribution >= 0.6 is 0 Å². The van der Waals surface area contributed by atoms with Gasteiger partial charge >= 0.3 is 0 Å². The van der Waals surface area contributed by atoms with Gasteiger partial charge in [-0.15, -0.1) is 0 Å². The second-order valence-corrected chi connectivity index (χ2v) is 18.0. The molecule has 0 saturated heterocycles. The van der Waals surface area contributed by atoms with Crippen molar-refractivity contribution in [2.24, 2.45) is 0 Å². The standard InChI is InChI=1S/C24H30Si2/c1-25(2,22-16-10-6-11-17-22)20-24(21-14-8-5-9-15-21)26(3,4)23-18-12-7-13-19-23/h5-19,24H,20H2,1-4H3. The van der Waals surface area contributed by atoms with Crippen LogP contribution in [0.25, 0.3) is 0 Å². The van der Waals surface area contributed by atoms with Gasteiger partial charge in [-0.05, 0) is 17.1 Å². The second-order valence-electron chi connectivity index (χ2n) is 8.51. The molecule has 2 heteroatoms. The van der Waals surface area contributed by atoms with E-state index in [1.165, 1.54) is 11.6 Å². The van der Waals surface area contributed by atoms with Gasteiger partial charge in [-0.25, -0.2) is 0 Å². The molecule has 0 spiro atoms. The third-order valence-electron chi connectivity index (χ3n) is 5.86. The normalized spacial score (nSPS) is 13.4. The van der Waals surface area contributed by atoms with Gasteiger partial charge in [0.1, 0.15) is 0 Å². The van der Waals surface area contributed by atoms with Crippen molar-refractivity contribution in [3.05, 3.63) is 96.6 Å². The molecule has 134 valence electrons. The molecule has 0 saturated carbocycles. The van der Waals surface area contributed by atoms with Crippen molar-refractivity contribution in [3.8, 4) is 0 Å². The molecule has 3 aromatic rings. The fourth-order valence-electron chi connectivity index (χ4n) is 4.06. The monoisotopic (exact) mass is 374 g/mol. The van der Waals surface area contributed by atoms with E-state index in [2.05, 4.69) is 117 Å². The van der Waals surface area contributed by atoms with Crippen molar-refractivity contribution in [1.82, 2.24) is 0 Å². The molecule has 0 amide bonds. The molecule has 0 bridgehead atoms. The molecular formula is C24H30Si2. The Balaban J connectivity index is 2.02. The van der Waals surface area contributed by atoms with Crippen LogP contribution in [0.3, 0.4) is 0 Å². The molecule has 0 N–H and O–H groups in total. The zero-order valence-corrected chi connectivity index (χ0v) is 18.4. The Kier molecular flexibility index (Phi) is 5.64. The van der Waals surface area contributed by atoms with Gasteiger partial charge in [0.15, 0.2) is 0 Å². The fraction of sp³-hybridized carbons (Fsp3) is 0.250. The first-order chi connectivity index (χ1) is 12.4. The van der Waals surface area contributed by atoms with E-state index in [4.69, 9.17) is 0 Å². The summed E-state index contributed by atoms with van der Waals surface area (Å²) in [5.41, 5.74) is 2.15. The summed E-state index contributed by atoms with van der Waals surface area (Å²) < 4.78 is 0. The Hall–Kier alpha value is -1.91. The first-order valence-corrected chi connectivity index (χ1v) is 15.9. The smallest absolute Gasteiger partial charge is 0.0654 e. The van der Waals surface area contributed by atoms with Crippen molar-refractivity contribution in [2.75, 3.05) is 0 Å². The van der Waals surface area contributed by atoms with E-state index in [-0.39, 0.29) is 0 Å². The van der Waals surface area contributed by atoms with Gasteiger partial charge in [-0.1, -0.05) is 128 Å². The summed E-state index contributed by atoms with van der Waals surface area (Å²) in [6, 6.07) is 35.0. The molecule has 1 unspecified atom stereocenters. The summed E-state index contributed by atoms with van der Waals surface area (Å²) in [6.45, 7) is 10.2. The van der Waals surface area contributed by atoms with Crippen LogP contribution in [0.15, 0.2) is 91.0 Å². The van der Waals surface area contributed by atoms with E-state index in [0.717, 1.165) is 0 Å². The maximum Gasteiger partial charge on any atom is 0.0877 e. The predicted molar refractivity (Wildman–Crippen MR) is 121 cm³/mol. The van der Waals surface area contributed by atoms with Crippen molar-refractivity contribution in [2.45, 2.75) is 37.8 Å². The average Bonchev–Trinajstić information content (AvgIpc) is 2.68. The first-order valence-electron chi connectivity index (χ1n) is 9.57. The van der Waals surface area contributed by atoms with Crippen molar-refractivity contribution in [1.29, 1.82) is 0 Å². The molecule has 0 heterocycles. The Morgan fingerprint density at radius 3 is 1.50 bits per heavy atom. The number of hydrogen-bond acceptors (Lipinski definition) is 0. The molecule has 0 radical (unpaired) electrons. The van der Waals surface area contributed by atoms with E-state index >= 15 is 0 Å². The summed E-state index contributed by atoms with van der Waals surface area (Å²) in [7, 11) is -3.19. The zero-order chi connectivity index (χ0) is 18.6. The molecule has 0 aliphatic rings. The summed E-state index contributed by atoms with van der Waals surface area (Å²) in [4.78, 5) is 0.